The fourth-order valence-corrected chi connectivity index (χ4v) is 14.8. The van der Waals surface area contributed by atoms with Gasteiger partial charge in [0.25, 0.3) is 21.6 Å². The number of nitrogen functional groups attached to an aromatic ring is 1. The van der Waals surface area contributed by atoms with E-state index in [1.165, 1.54) is 13.8 Å². The fraction of sp³-hybridized carbons (Fsp3) is 0.378. The summed E-state index contributed by atoms with van der Waals surface area (Å²) in [6.07, 6.45) is 5.58. The maximum Gasteiger partial charge on any atom is 0.471 e. The van der Waals surface area contributed by atoms with Crippen LogP contribution in [-0.2, 0) is 78.0 Å². The SMILES string of the molecule is CC(CC[N+]1=C(/C=C/C2=C(NCCCC[C@H](CC(=O)CC[C@H](NC(=O)c3ccc(N(Cc4cnc5nc(N)[nH]c(=O)c5n4)C(=O)C(F)(F)F)cc3)C(=O)O)C(=O)O)C(=C/C=C3/N(CCC(C)S(=O)(=O)O)c4ccc5ccccc5c4C3(C)C)/CCC2)C(C)(C)c2c1ccc1ccccc21)S(=O)(=O)[O-].O=S(=O)=O.O=S(=O)=O. The number of Topliss-reactive ketones (excluding diaryl/α,β-unsaturated/α-hetero) is 1. The first-order valence-electron chi connectivity index (χ1n) is 34.8. The number of unbranched alkanes of at least 4 members (excludes halogenated alkanes) is 1. The van der Waals surface area contributed by atoms with E-state index >= 15 is 0 Å². The highest BCUT2D eigenvalue weighted by molar-refractivity contribution is 7.86. The van der Waals surface area contributed by atoms with Crippen molar-refractivity contribution < 1.29 is 103 Å². The topological polar surface area (TPSA) is 471 Å². The Kier molecular flexibility index (Phi) is 27.8. The molecule has 4 heterocycles. The van der Waals surface area contributed by atoms with Crippen LogP contribution in [0.25, 0.3) is 32.7 Å². The van der Waals surface area contributed by atoms with Crippen molar-refractivity contribution >= 4 is 132 Å². The number of aromatic amines is 1. The zero-order valence-electron chi connectivity index (χ0n) is 60.8. The number of carboxylic acids is 2. The number of nitrogens with zero attached hydrogens (tertiary/aromatic N) is 6. The first-order valence-corrected chi connectivity index (χ1v) is 39.7. The van der Waals surface area contributed by atoms with Gasteiger partial charge in [-0.25, -0.2) is 23.2 Å². The van der Waals surface area contributed by atoms with Crippen LogP contribution in [-0.4, -0.2) is 164 Å². The molecule has 592 valence electrons. The Morgan fingerprint density at radius 3 is 2.00 bits per heavy atom. The predicted molar refractivity (Wildman–Crippen MR) is 403 cm³/mol. The number of ketones is 1. The Morgan fingerprint density at radius 2 is 1.40 bits per heavy atom. The molecule has 0 bridgehead atoms. The lowest BCUT2D eigenvalue weighted by molar-refractivity contribution is -0.438. The van der Waals surface area contributed by atoms with Gasteiger partial charge in [0.2, 0.25) is 11.6 Å². The zero-order chi connectivity index (χ0) is 81.8. The third kappa shape index (κ3) is 21.4. The molecule has 2 aliphatic heterocycles. The number of aromatic nitrogens is 4. The molecule has 7 aromatic rings. The van der Waals surface area contributed by atoms with Gasteiger partial charge >= 0.3 is 45.2 Å². The van der Waals surface area contributed by atoms with E-state index in [9.17, 15) is 78.1 Å². The molecule has 2 unspecified atom stereocenters. The third-order valence-electron chi connectivity index (χ3n) is 19.6. The van der Waals surface area contributed by atoms with Gasteiger partial charge in [-0.05, 0) is 153 Å². The standard InChI is InChI=1S/C74H81F3N10O14S2.2O3S/c1-43(102(96,97)98)35-38-85-57-31-23-45-14-7-9-19-54(45)61(57)72(3,4)59(85)33-25-47-17-13-18-48(26-34-60-73(5,6)62-55-20-10-8-15-46(55)24-32-58(62)86(60)39-36-44(2)103(99,100)101)63(47)79-37-12-11-16-50(68(91)92)40-53(88)29-30-56(69(93)94)82-66(89)49-21-27-52(28-22-49)87(70(95)74(75,76)77)42-51-41-80-65-64(81-51)67(90)84-71(78)83-65;2*1-4(2)3/h7-10,14-15,19-28,31-34,41,43-44,50,56H,11-13,16-18,29-30,35-40,42H2,1-6H3,(H8,78,80,82,83,84,89,90,91,92,93,94,96,97,98,99,100,101);;/b47-25+,59-33+;;/t43?,44?,50-,56+;;/m1../s1. The number of hydrogen-bond acceptors (Lipinski definition) is 23. The van der Waals surface area contributed by atoms with Gasteiger partial charge in [0.1, 0.15) is 11.8 Å². The lowest BCUT2D eigenvalue weighted by atomic mass is 9.78. The van der Waals surface area contributed by atoms with Crippen molar-refractivity contribution in [1.29, 1.82) is 0 Å². The molecular weight excluding hydrogens is 1530 g/mol. The second-order valence-corrected chi connectivity index (χ2v) is 32.2. The molecule has 2 amide bonds. The molecule has 37 heteroatoms. The van der Waals surface area contributed by atoms with Crippen LogP contribution in [0, 0.1) is 5.92 Å². The summed E-state index contributed by atoms with van der Waals surface area (Å²) in [5, 5.41) is 28.4. The number of benzene rings is 5. The van der Waals surface area contributed by atoms with Crippen LogP contribution in [0.15, 0.2) is 155 Å². The number of carbonyl (C=O) groups excluding carboxylic acids is 3. The number of alkyl halides is 3. The number of hydrogen-bond donors (Lipinski definition) is 7. The number of carboxylic acid groups (broad SMARTS) is 2. The highest BCUT2D eigenvalue weighted by Gasteiger charge is 2.47. The number of allylic oxidation sites excluding steroid dienone is 7. The van der Waals surface area contributed by atoms with Crippen LogP contribution in [0.5, 0.6) is 0 Å². The number of H-pyrrole nitrogens is 1. The van der Waals surface area contributed by atoms with E-state index in [-0.39, 0.29) is 71.3 Å². The molecule has 0 saturated carbocycles. The van der Waals surface area contributed by atoms with Crippen molar-refractivity contribution in [3.05, 3.63) is 183 Å². The van der Waals surface area contributed by atoms with Crippen molar-refractivity contribution in [2.24, 2.45) is 5.92 Å². The second-order valence-electron chi connectivity index (χ2n) is 27.8. The molecule has 30 nitrogen and oxygen atoms in total. The van der Waals surface area contributed by atoms with E-state index in [4.69, 9.17) is 31.0 Å². The summed E-state index contributed by atoms with van der Waals surface area (Å²) in [6.45, 7) is 11.4. The number of halogens is 3. The predicted octanol–water partition coefficient (Wildman–Crippen LogP) is 8.74. The van der Waals surface area contributed by atoms with Crippen LogP contribution in [0.1, 0.15) is 139 Å². The van der Waals surface area contributed by atoms with Crippen LogP contribution < -0.4 is 31.7 Å². The smallest absolute Gasteiger partial charge is 0.471 e. The number of aliphatic carboxylic acids is 2. The van der Waals surface area contributed by atoms with Crippen molar-refractivity contribution in [2.75, 3.05) is 35.2 Å². The monoisotopic (exact) mass is 1610 g/mol. The Hall–Kier alpha value is -10.7. The number of amides is 2. The molecule has 0 radical (unpaired) electrons. The largest absolute Gasteiger partial charge is 0.748 e. The molecule has 4 atom stereocenters. The molecule has 1 aliphatic carbocycles. The fourth-order valence-electron chi connectivity index (χ4n) is 14.0. The molecule has 8 N–H and O–H groups in total. The second kappa shape index (κ2) is 36.0. The molecule has 0 fully saturated rings. The molecule has 3 aliphatic rings. The van der Waals surface area contributed by atoms with Gasteiger partial charge in [-0.15, -0.1) is 25.3 Å². The van der Waals surface area contributed by atoms with E-state index in [1.54, 1.807) is 0 Å². The lowest BCUT2D eigenvalue weighted by Gasteiger charge is -2.28. The quantitative estimate of drug-likeness (QED) is 0.0131. The normalized spacial score (nSPS) is 16.4. The average Bonchev–Trinajstić information content (AvgIpc) is 1.58. The minimum Gasteiger partial charge on any atom is -0.748 e. The van der Waals surface area contributed by atoms with Gasteiger partial charge in [-0.2, -0.15) is 31.1 Å². The first-order chi connectivity index (χ1) is 52.0. The summed E-state index contributed by atoms with van der Waals surface area (Å²) in [5.74, 6) is -8.15. The highest BCUT2D eigenvalue weighted by atomic mass is 32.2. The van der Waals surface area contributed by atoms with Crippen molar-refractivity contribution in [3.63, 3.8) is 0 Å². The van der Waals surface area contributed by atoms with E-state index in [1.807, 2.05) is 60.7 Å². The number of rotatable bonds is 29. The van der Waals surface area contributed by atoms with E-state index in [0.717, 1.165) is 109 Å². The Morgan fingerprint density at radius 1 is 0.775 bits per heavy atom. The molecule has 111 heavy (non-hydrogen) atoms. The summed E-state index contributed by atoms with van der Waals surface area (Å²) in [4.78, 5) is 93.7. The van der Waals surface area contributed by atoms with Gasteiger partial charge in [0, 0.05) is 83.8 Å². The molecule has 2 aromatic heterocycles. The Labute approximate surface area is 638 Å². The average molecular weight is 1620 g/mol. The first kappa shape index (κ1) is 85.9. The Balaban J connectivity index is 0.00000184. The van der Waals surface area contributed by atoms with Gasteiger partial charge in [0.15, 0.2) is 23.4 Å². The third-order valence-corrected chi connectivity index (χ3v) is 22.1. The van der Waals surface area contributed by atoms with Crippen LogP contribution >= 0.6 is 0 Å². The molecule has 0 saturated heterocycles. The Bertz CT molecular complexity index is 5480. The molecule has 0 spiro atoms. The molecule has 10 rings (SSSR count). The minimum atomic E-state index is -5.39. The van der Waals surface area contributed by atoms with Crippen molar-refractivity contribution in [2.45, 2.75) is 152 Å². The van der Waals surface area contributed by atoms with Crippen LogP contribution in [0.3, 0.4) is 0 Å². The van der Waals surface area contributed by atoms with Crippen LogP contribution in [0.2, 0.25) is 0 Å². The lowest BCUT2D eigenvalue weighted by Crippen LogP contribution is -2.41. The van der Waals surface area contributed by atoms with Gasteiger partial charge in [-0.1, -0.05) is 87.0 Å². The summed E-state index contributed by atoms with van der Waals surface area (Å²) in [5.41, 5.74) is 10.5. The summed E-state index contributed by atoms with van der Waals surface area (Å²) < 4.78 is 166. The van der Waals surface area contributed by atoms with Crippen molar-refractivity contribution in [1.82, 2.24) is 30.6 Å². The van der Waals surface area contributed by atoms with Crippen molar-refractivity contribution in [3.8, 4) is 0 Å². The number of fused-ring (bicyclic) bond motifs is 7. The van der Waals surface area contributed by atoms with Crippen LogP contribution in [0.4, 0.5) is 36.2 Å². The summed E-state index contributed by atoms with van der Waals surface area (Å²) >= 11 is 0. The molecule has 5 aromatic carbocycles. The highest BCUT2D eigenvalue weighted by Crippen LogP contribution is 2.51. The number of nitrogens with one attached hydrogen (secondary N) is 3. The summed E-state index contributed by atoms with van der Waals surface area (Å²) in [6, 6.07) is 26.6. The number of carbonyl (C=O) groups is 5. The molecular formula is C74H81F3N10O20S4. The van der Waals surface area contributed by atoms with E-state index < -0.39 is 142 Å². The van der Waals surface area contributed by atoms with E-state index in [2.05, 4.69) is 104 Å². The maximum absolute atomic E-state index is 13.9. The van der Waals surface area contributed by atoms with Gasteiger partial charge in [-0.3, -0.25) is 38.4 Å². The maximum atomic E-state index is 13.9. The number of nitrogens with two attached hydrogens (primary N) is 1. The van der Waals surface area contributed by atoms with Gasteiger partial charge < -0.3 is 36.0 Å². The zero-order valence-corrected chi connectivity index (χ0v) is 64.1. The van der Waals surface area contributed by atoms with E-state index in [0.29, 0.717) is 32.2 Å². The number of anilines is 3. The summed E-state index contributed by atoms with van der Waals surface area (Å²) in [7, 11) is -15.2. The van der Waals surface area contributed by atoms with Gasteiger partial charge in [0.05, 0.1) is 50.4 Å². The minimum absolute atomic E-state index is 0.0635.